The van der Waals surface area contributed by atoms with Crippen molar-refractivity contribution in [3.8, 4) is 0 Å². The van der Waals surface area contributed by atoms with Crippen molar-refractivity contribution in [2.24, 2.45) is 5.73 Å². The summed E-state index contributed by atoms with van der Waals surface area (Å²) in [5, 5.41) is 2.71. The fraction of sp³-hybridized carbons (Fsp3) is 0.200. The molecular formula is C20H22N2O2. The molecule has 2 rings (SSSR count). The Morgan fingerprint density at radius 3 is 2.25 bits per heavy atom. The van der Waals surface area contributed by atoms with Gasteiger partial charge in [-0.1, -0.05) is 72.8 Å². The Morgan fingerprint density at radius 1 is 1.00 bits per heavy atom. The summed E-state index contributed by atoms with van der Waals surface area (Å²) in [4.78, 5) is 23.5. The minimum atomic E-state index is -0.687. The van der Waals surface area contributed by atoms with Crippen LogP contribution in [0.1, 0.15) is 24.0 Å². The number of benzene rings is 2. The molecule has 0 aliphatic heterocycles. The molecule has 4 heteroatoms. The highest BCUT2D eigenvalue weighted by Crippen LogP contribution is 2.05. The van der Waals surface area contributed by atoms with Crippen molar-refractivity contribution in [3.05, 3.63) is 77.9 Å². The maximum absolute atomic E-state index is 12.0. The number of amides is 2. The van der Waals surface area contributed by atoms with Gasteiger partial charge < -0.3 is 11.1 Å². The van der Waals surface area contributed by atoms with Gasteiger partial charge in [0, 0.05) is 6.42 Å². The predicted octanol–water partition coefficient (Wildman–Crippen LogP) is 2.69. The highest BCUT2D eigenvalue weighted by molar-refractivity contribution is 5.86. The summed E-state index contributed by atoms with van der Waals surface area (Å²) >= 11 is 0. The normalized spacial score (nSPS) is 12.0. The van der Waals surface area contributed by atoms with Crippen molar-refractivity contribution >= 4 is 17.9 Å². The Balaban J connectivity index is 1.83. The van der Waals surface area contributed by atoms with Crippen LogP contribution in [0, 0.1) is 0 Å². The van der Waals surface area contributed by atoms with Gasteiger partial charge in [-0.3, -0.25) is 9.59 Å². The lowest BCUT2D eigenvalue weighted by molar-refractivity contribution is -0.127. The molecule has 3 N–H and O–H groups in total. The first-order chi connectivity index (χ1) is 11.6. The van der Waals surface area contributed by atoms with Gasteiger partial charge in [0.05, 0.1) is 0 Å². The average molecular weight is 322 g/mol. The lowest BCUT2D eigenvalue weighted by Crippen LogP contribution is -2.44. The highest BCUT2D eigenvalue weighted by Gasteiger charge is 2.16. The number of aryl methyl sites for hydroxylation is 1. The van der Waals surface area contributed by atoms with Crippen molar-refractivity contribution in [1.82, 2.24) is 5.32 Å². The summed E-state index contributed by atoms with van der Waals surface area (Å²) in [6.45, 7) is 0. The van der Waals surface area contributed by atoms with Gasteiger partial charge in [-0.05, 0) is 24.0 Å². The minimum Gasteiger partial charge on any atom is -0.368 e. The van der Waals surface area contributed by atoms with E-state index in [1.54, 1.807) is 0 Å². The minimum absolute atomic E-state index is 0.171. The van der Waals surface area contributed by atoms with E-state index in [9.17, 15) is 9.59 Å². The molecule has 0 bridgehead atoms. The van der Waals surface area contributed by atoms with Crippen molar-refractivity contribution < 1.29 is 9.59 Å². The van der Waals surface area contributed by atoms with Gasteiger partial charge in [0.25, 0.3) is 0 Å². The van der Waals surface area contributed by atoms with E-state index in [0.29, 0.717) is 19.3 Å². The van der Waals surface area contributed by atoms with Crippen molar-refractivity contribution in [2.75, 3.05) is 0 Å². The van der Waals surface area contributed by atoms with Crippen LogP contribution < -0.4 is 11.1 Å². The molecule has 2 aromatic carbocycles. The van der Waals surface area contributed by atoms with Crippen molar-refractivity contribution in [2.45, 2.75) is 25.3 Å². The van der Waals surface area contributed by atoms with Crippen LogP contribution in [-0.2, 0) is 16.0 Å². The van der Waals surface area contributed by atoms with Crippen LogP contribution in [0.4, 0.5) is 0 Å². The first-order valence-corrected chi connectivity index (χ1v) is 7.99. The number of nitrogens with one attached hydrogen (secondary N) is 1. The largest absolute Gasteiger partial charge is 0.368 e. The number of hydrogen-bond donors (Lipinski definition) is 2. The summed E-state index contributed by atoms with van der Waals surface area (Å²) in [5.74, 6) is -0.698. The van der Waals surface area contributed by atoms with Crippen LogP contribution in [0.5, 0.6) is 0 Å². The topological polar surface area (TPSA) is 72.2 Å². The molecule has 0 aromatic heterocycles. The maximum atomic E-state index is 12.0. The van der Waals surface area contributed by atoms with E-state index < -0.39 is 11.9 Å². The molecule has 0 radical (unpaired) electrons. The summed E-state index contributed by atoms with van der Waals surface area (Å²) < 4.78 is 0. The van der Waals surface area contributed by atoms with Crippen molar-refractivity contribution in [1.29, 1.82) is 0 Å². The van der Waals surface area contributed by atoms with E-state index >= 15 is 0 Å². The number of carbonyl (C=O) groups excluding carboxylic acids is 2. The molecule has 0 aliphatic carbocycles. The zero-order valence-corrected chi connectivity index (χ0v) is 13.5. The fourth-order valence-electron chi connectivity index (χ4n) is 2.32. The third-order valence-electron chi connectivity index (χ3n) is 3.64. The van der Waals surface area contributed by atoms with Gasteiger partial charge >= 0.3 is 0 Å². The number of hydrogen-bond acceptors (Lipinski definition) is 2. The molecule has 4 nitrogen and oxygen atoms in total. The van der Waals surface area contributed by atoms with Gasteiger partial charge in [0.2, 0.25) is 11.8 Å². The third kappa shape index (κ3) is 6.08. The van der Waals surface area contributed by atoms with Crippen LogP contribution in [0.25, 0.3) is 6.08 Å². The zero-order chi connectivity index (χ0) is 17.2. The molecular weight excluding hydrogens is 300 g/mol. The van der Waals surface area contributed by atoms with E-state index in [4.69, 9.17) is 5.73 Å². The van der Waals surface area contributed by atoms with Gasteiger partial charge in [0.1, 0.15) is 6.04 Å². The van der Waals surface area contributed by atoms with E-state index in [0.717, 1.165) is 11.1 Å². The molecule has 0 fully saturated rings. The lowest BCUT2D eigenvalue weighted by Gasteiger charge is -2.13. The Bertz CT molecular complexity index is 681. The second-order valence-corrected chi connectivity index (χ2v) is 5.56. The number of carbonyl (C=O) groups is 2. The van der Waals surface area contributed by atoms with Crippen LogP contribution >= 0.6 is 0 Å². The Hall–Kier alpha value is -2.88. The molecule has 0 heterocycles. The van der Waals surface area contributed by atoms with Gasteiger partial charge in [-0.25, -0.2) is 0 Å². The second kappa shape index (κ2) is 9.30. The molecule has 0 unspecified atom stereocenters. The maximum Gasteiger partial charge on any atom is 0.240 e. The highest BCUT2D eigenvalue weighted by atomic mass is 16.2. The average Bonchev–Trinajstić information content (AvgIpc) is 2.61. The van der Waals surface area contributed by atoms with Gasteiger partial charge in [-0.2, -0.15) is 0 Å². The smallest absolute Gasteiger partial charge is 0.240 e. The monoisotopic (exact) mass is 322 g/mol. The molecule has 2 amide bonds. The number of primary amides is 1. The van der Waals surface area contributed by atoms with Gasteiger partial charge in [-0.15, -0.1) is 0 Å². The van der Waals surface area contributed by atoms with E-state index in [1.807, 2.05) is 72.8 Å². The van der Waals surface area contributed by atoms with Crippen molar-refractivity contribution in [3.63, 3.8) is 0 Å². The predicted molar refractivity (Wildman–Crippen MR) is 96.0 cm³/mol. The van der Waals surface area contributed by atoms with Crippen LogP contribution in [0.15, 0.2) is 66.7 Å². The molecule has 0 spiro atoms. The van der Waals surface area contributed by atoms with Crippen LogP contribution in [0.2, 0.25) is 0 Å². The number of rotatable bonds is 8. The van der Waals surface area contributed by atoms with Crippen LogP contribution in [0.3, 0.4) is 0 Å². The SMILES string of the molecule is NC(=O)[C@@H](C/C=C/c1ccccc1)NC(=O)CCc1ccccc1. The fourth-order valence-corrected chi connectivity index (χ4v) is 2.32. The molecule has 24 heavy (non-hydrogen) atoms. The zero-order valence-electron chi connectivity index (χ0n) is 13.5. The van der Waals surface area contributed by atoms with Gasteiger partial charge in [0.15, 0.2) is 0 Å². The molecule has 0 saturated heterocycles. The van der Waals surface area contributed by atoms with E-state index in [2.05, 4.69) is 5.32 Å². The first kappa shape index (κ1) is 17.5. The molecule has 0 aliphatic rings. The van der Waals surface area contributed by atoms with Crippen LogP contribution in [-0.4, -0.2) is 17.9 Å². The standard InChI is InChI=1S/C20H22N2O2/c21-20(24)18(13-7-12-16-8-3-1-4-9-16)22-19(23)15-14-17-10-5-2-6-11-17/h1-12,18H,13-15H2,(H2,21,24)(H,22,23)/b12-7+/t18-/m1/s1. The Morgan fingerprint density at radius 2 is 1.62 bits per heavy atom. The van der Waals surface area contributed by atoms with E-state index in [1.165, 1.54) is 0 Å². The third-order valence-corrected chi connectivity index (χ3v) is 3.64. The quantitative estimate of drug-likeness (QED) is 0.784. The summed E-state index contributed by atoms with van der Waals surface area (Å²) in [6.07, 6.45) is 5.10. The Kier molecular flexibility index (Phi) is 6.77. The Labute approximate surface area is 142 Å². The molecule has 0 saturated carbocycles. The number of nitrogens with two attached hydrogens (primary N) is 1. The lowest BCUT2D eigenvalue weighted by atomic mass is 10.1. The summed E-state index contributed by atoms with van der Waals surface area (Å²) in [6, 6.07) is 18.8. The van der Waals surface area contributed by atoms with E-state index in [-0.39, 0.29) is 5.91 Å². The first-order valence-electron chi connectivity index (χ1n) is 7.99. The second-order valence-electron chi connectivity index (χ2n) is 5.56. The molecule has 2 aromatic rings. The summed E-state index contributed by atoms with van der Waals surface area (Å²) in [7, 11) is 0. The summed E-state index contributed by atoms with van der Waals surface area (Å²) in [5.41, 5.74) is 7.51. The molecule has 124 valence electrons. The molecule has 1 atom stereocenters.